The van der Waals surface area contributed by atoms with Crippen LogP contribution in [-0.2, 0) is 16.6 Å². The summed E-state index contributed by atoms with van der Waals surface area (Å²) in [4.78, 5) is 28.7. The molecule has 1 aliphatic rings. The first-order valence-corrected chi connectivity index (χ1v) is 11.8. The Morgan fingerprint density at radius 3 is 2.15 bits per heavy atom. The van der Waals surface area contributed by atoms with Crippen molar-refractivity contribution in [1.29, 1.82) is 0 Å². The molecule has 0 spiro atoms. The van der Waals surface area contributed by atoms with Crippen molar-refractivity contribution < 1.29 is 27.5 Å². The third-order valence-corrected chi connectivity index (χ3v) is 6.71. The van der Waals surface area contributed by atoms with Gasteiger partial charge in [0.2, 0.25) is 0 Å². The number of sulfonamides is 1. The van der Waals surface area contributed by atoms with Gasteiger partial charge in [0.05, 0.1) is 0 Å². The van der Waals surface area contributed by atoms with Crippen LogP contribution in [0.4, 0.5) is 15.3 Å². The number of amides is 2. The van der Waals surface area contributed by atoms with E-state index in [2.05, 4.69) is 4.72 Å². The molecule has 0 saturated carbocycles. The van der Waals surface area contributed by atoms with Gasteiger partial charge >= 0.3 is 12.2 Å². The van der Waals surface area contributed by atoms with Crippen LogP contribution in [0.15, 0.2) is 48.2 Å². The molecule has 0 radical (unpaired) electrons. The van der Waals surface area contributed by atoms with Gasteiger partial charge in [-0.25, -0.2) is 18.0 Å². The Hall–Kier alpha value is -3.73. The topological polar surface area (TPSA) is 108 Å². The van der Waals surface area contributed by atoms with Gasteiger partial charge in [-0.1, -0.05) is 18.2 Å². The predicted molar refractivity (Wildman–Crippen MR) is 129 cm³/mol. The molecule has 0 fully saturated rings. The molecule has 0 aromatic heterocycles. The highest BCUT2D eigenvalue weighted by molar-refractivity contribution is 8.01. The normalized spacial score (nSPS) is 13.2. The van der Waals surface area contributed by atoms with E-state index in [0.29, 0.717) is 16.9 Å². The molecule has 0 unspecified atom stereocenters. The van der Waals surface area contributed by atoms with Crippen LogP contribution >= 0.6 is 0 Å². The third-order valence-electron chi connectivity index (χ3n) is 5.15. The monoisotopic (exact) mass is 488 g/mol. The van der Waals surface area contributed by atoms with E-state index in [1.165, 1.54) is 50.1 Å². The van der Waals surface area contributed by atoms with Crippen LogP contribution in [0.2, 0.25) is 0 Å². The molecular formula is C23H28N4O6S. The number of nitrogens with zero attached hydrogens (tertiary/aromatic N) is 3. The lowest BCUT2D eigenvalue weighted by Crippen LogP contribution is -2.30. The Bertz CT molecular complexity index is 1240. The number of para-hydroxylation sites is 1. The third kappa shape index (κ3) is 5.25. The zero-order valence-corrected chi connectivity index (χ0v) is 20.8. The van der Waals surface area contributed by atoms with Crippen molar-refractivity contribution in [2.24, 2.45) is 0 Å². The van der Waals surface area contributed by atoms with Crippen molar-refractivity contribution in [1.82, 2.24) is 14.7 Å². The van der Waals surface area contributed by atoms with Crippen LogP contribution in [0.25, 0.3) is 4.91 Å². The number of benzene rings is 2. The summed E-state index contributed by atoms with van der Waals surface area (Å²) >= 11 is 0. The van der Waals surface area contributed by atoms with Gasteiger partial charge in [0.25, 0.3) is 10.0 Å². The van der Waals surface area contributed by atoms with Gasteiger partial charge in [-0.15, -0.1) is 0 Å². The van der Waals surface area contributed by atoms with Gasteiger partial charge in [-0.2, -0.15) is 0 Å². The Morgan fingerprint density at radius 1 is 0.971 bits per heavy atom. The summed E-state index contributed by atoms with van der Waals surface area (Å²) in [5.74, 6) is 0.147. The number of ether oxygens (including phenoxy) is 2. The van der Waals surface area contributed by atoms with Crippen LogP contribution < -0.4 is 14.2 Å². The van der Waals surface area contributed by atoms with Crippen molar-refractivity contribution >= 4 is 32.8 Å². The molecule has 2 aromatic rings. The molecule has 0 bridgehead atoms. The van der Waals surface area contributed by atoms with E-state index in [-0.39, 0.29) is 28.5 Å². The largest absolute Gasteiger partial charge is 0.414 e. The molecule has 3 rings (SSSR count). The number of carbonyl (C=O) groups excluding carboxylic acids is 2. The summed E-state index contributed by atoms with van der Waals surface area (Å²) in [6.45, 7) is 1.97. The van der Waals surface area contributed by atoms with Gasteiger partial charge in [0.1, 0.15) is 16.4 Å². The minimum atomic E-state index is -4.07. The number of carbonyl (C=O) groups is 2. The van der Waals surface area contributed by atoms with Crippen LogP contribution in [0.5, 0.6) is 11.5 Å². The van der Waals surface area contributed by atoms with Gasteiger partial charge < -0.3 is 24.2 Å². The minimum Gasteiger partial charge on any atom is -0.410 e. The Kier molecular flexibility index (Phi) is 7.06. The second-order valence-corrected chi connectivity index (χ2v) is 9.83. The number of hydrogen-bond donors (Lipinski definition) is 1. The number of anilines is 1. The predicted octanol–water partition coefficient (Wildman–Crippen LogP) is 3.38. The maximum absolute atomic E-state index is 13.5. The van der Waals surface area contributed by atoms with Crippen molar-refractivity contribution in [3.05, 3.63) is 59.3 Å². The number of rotatable bonds is 5. The van der Waals surface area contributed by atoms with Crippen LogP contribution in [0.3, 0.4) is 0 Å². The fourth-order valence-electron chi connectivity index (χ4n) is 3.29. The molecule has 1 N–H and O–H groups in total. The number of fused-ring (bicyclic) bond motifs is 1. The van der Waals surface area contributed by atoms with Crippen molar-refractivity contribution in [2.75, 3.05) is 40.0 Å². The standard InChI is InChI=1S/C23H28N4O6S/c1-15-21(34(30,31)24-16-10-8-7-9-11-16)18-12-17(32-22(28)25(2)3)13-20(19(18)14-27(15)6)33-23(29)26(4)5/h7-13,24H,14H2,1-6H3. The highest BCUT2D eigenvalue weighted by Gasteiger charge is 2.33. The van der Waals surface area contributed by atoms with Crippen molar-refractivity contribution in [3.63, 3.8) is 0 Å². The van der Waals surface area contributed by atoms with E-state index in [4.69, 9.17) is 9.47 Å². The summed E-state index contributed by atoms with van der Waals surface area (Å²) in [7, 11) is 3.77. The van der Waals surface area contributed by atoms with E-state index in [0.717, 1.165) is 0 Å². The van der Waals surface area contributed by atoms with E-state index < -0.39 is 22.2 Å². The summed E-state index contributed by atoms with van der Waals surface area (Å²) in [6, 6.07) is 11.4. The first kappa shape index (κ1) is 24.9. The maximum atomic E-state index is 13.5. The van der Waals surface area contributed by atoms with E-state index in [9.17, 15) is 18.0 Å². The minimum absolute atomic E-state index is 0.00925. The quantitative estimate of drug-likeness (QED) is 0.687. The van der Waals surface area contributed by atoms with E-state index in [1.807, 2.05) is 0 Å². The SMILES string of the molecule is CC1=C(S(=O)(=O)Nc2ccccc2)c2cc(OC(=O)N(C)C)cc(OC(=O)N(C)C)c2CN1C. The molecule has 2 aromatic carbocycles. The van der Waals surface area contributed by atoms with Crippen molar-refractivity contribution in [2.45, 2.75) is 13.5 Å². The summed E-state index contributed by atoms with van der Waals surface area (Å²) in [5.41, 5.74) is 1.63. The number of hydrogen-bond acceptors (Lipinski definition) is 7. The highest BCUT2D eigenvalue weighted by atomic mass is 32.2. The molecule has 11 heteroatoms. The van der Waals surface area contributed by atoms with Gasteiger partial charge in [-0.3, -0.25) is 4.72 Å². The van der Waals surface area contributed by atoms with Crippen LogP contribution in [0.1, 0.15) is 18.1 Å². The van der Waals surface area contributed by atoms with Gasteiger partial charge in [0, 0.05) is 70.4 Å². The lowest BCUT2D eigenvalue weighted by atomic mass is 10.00. The molecule has 2 amide bonds. The molecule has 0 aliphatic carbocycles. The zero-order chi connectivity index (χ0) is 25.2. The average Bonchev–Trinajstić information content (AvgIpc) is 2.75. The lowest BCUT2D eigenvalue weighted by molar-refractivity contribution is 0.169. The molecule has 182 valence electrons. The Labute approximate surface area is 199 Å². The fraction of sp³-hybridized carbons (Fsp3) is 0.304. The molecule has 0 saturated heterocycles. The summed E-state index contributed by atoms with van der Waals surface area (Å²) in [5, 5.41) is 0. The first-order valence-electron chi connectivity index (χ1n) is 10.4. The van der Waals surface area contributed by atoms with Crippen LogP contribution in [-0.4, -0.2) is 70.5 Å². The van der Waals surface area contributed by atoms with Crippen molar-refractivity contribution in [3.8, 4) is 11.5 Å². The number of allylic oxidation sites excluding steroid dienone is 1. The second kappa shape index (κ2) is 9.64. The number of nitrogens with one attached hydrogen (secondary N) is 1. The molecular weight excluding hydrogens is 460 g/mol. The smallest absolute Gasteiger partial charge is 0.410 e. The van der Waals surface area contributed by atoms with E-state index >= 15 is 0 Å². The van der Waals surface area contributed by atoms with Gasteiger partial charge in [0.15, 0.2) is 0 Å². The molecule has 0 atom stereocenters. The second-order valence-electron chi connectivity index (χ2n) is 8.21. The van der Waals surface area contributed by atoms with E-state index in [1.54, 1.807) is 49.2 Å². The van der Waals surface area contributed by atoms with Crippen LogP contribution in [0, 0.1) is 0 Å². The molecule has 34 heavy (non-hydrogen) atoms. The molecule has 10 nitrogen and oxygen atoms in total. The average molecular weight is 489 g/mol. The van der Waals surface area contributed by atoms with Gasteiger partial charge in [-0.05, 0) is 25.1 Å². The maximum Gasteiger partial charge on any atom is 0.414 e. The summed E-state index contributed by atoms with van der Waals surface area (Å²) in [6.07, 6.45) is -1.32. The lowest BCUT2D eigenvalue weighted by Gasteiger charge is -2.32. The fourth-order valence-corrected chi connectivity index (χ4v) is 4.85. The molecule has 1 aliphatic heterocycles. The Morgan fingerprint density at radius 2 is 1.56 bits per heavy atom. The first-order chi connectivity index (χ1) is 15.9. The zero-order valence-electron chi connectivity index (χ0n) is 19.9. The Balaban J connectivity index is 2.19. The summed E-state index contributed by atoms with van der Waals surface area (Å²) < 4.78 is 40.6. The highest BCUT2D eigenvalue weighted by Crippen LogP contribution is 2.42. The molecule has 1 heterocycles.